The Morgan fingerprint density at radius 1 is 1.26 bits per heavy atom. The van der Waals surface area contributed by atoms with Gasteiger partial charge in [0.05, 0.1) is 6.42 Å². The third-order valence-electron chi connectivity index (χ3n) is 5.85. The molecule has 1 saturated heterocycles. The molecule has 4 atom stereocenters. The maximum absolute atomic E-state index is 12.5. The van der Waals surface area contributed by atoms with Crippen molar-refractivity contribution in [2.24, 2.45) is 11.8 Å². The summed E-state index contributed by atoms with van der Waals surface area (Å²) in [4.78, 5) is 25.7. The van der Waals surface area contributed by atoms with Crippen LogP contribution in [0.1, 0.15) is 58.4 Å². The van der Waals surface area contributed by atoms with Crippen LogP contribution in [0.25, 0.3) is 0 Å². The highest BCUT2D eigenvalue weighted by Gasteiger charge is 2.40. The average Bonchev–Trinajstić information content (AvgIpc) is 2.61. The monoisotopic (exact) mass is 388 g/mol. The Labute approximate surface area is 167 Å². The molecule has 0 spiro atoms. The molecular weight excluding hydrogens is 356 g/mol. The van der Waals surface area contributed by atoms with E-state index < -0.39 is 0 Å². The maximum Gasteiger partial charge on any atom is 0.224 e. The lowest BCUT2D eigenvalue weighted by atomic mass is 9.70. The second-order valence-corrected chi connectivity index (χ2v) is 9.93. The highest BCUT2D eigenvalue weighted by molar-refractivity contribution is 7.99. The summed E-state index contributed by atoms with van der Waals surface area (Å²) in [7, 11) is 0. The van der Waals surface area contributed by atoms with E-state index in [9.17, 15) is 9.59 Å². The van der Waals surface area contributed by atoms with Gasteiger partial charge in [0, 0.05) is 28.6 Å². The number of thioether (sulfide) groups is 1. The van der Waals surface area contributed by atoms with Crippen molar-refractivity contribution in [3.05, 3.63) is 29.8 Å². The van der Waals surface area contributed by atoms with Crippen molar-refractivity contribution < 1.29 is 9.59 Å². The van der Waals surface area contributed by atoms with Crippen molar-refractivity contribution in [1.82, 2.24) is 10.6 Å². The molecule has 2 N–H and O–H groups in total. The van der Waals surface area contributed by atoms with Gasteiger partial charge in [-0.15, -0.1) is 11.8 Å². The van der Waals surface area contributed by atoms with E-state index in [0.29, 0.717) is 29.9 Å². The third-order valence-corrected chi connectivity index (χ3v) is 6.87. The highest BCUT2D eigenvalue weighted by Crippen LogP contribution is 2.37. The van der Waals surface area contributed by atoms with E-state index in [2.05, 4.69) is 43.5 Å². The molecule has 0 radical (unpaired) electrons. The van der Waals surface area contributed by atoms with Gasteiger partial charge in [-0.2, -0.15) is 0 Å². The molecule has 1 saturated carbocycles. The van der Waals surface area contributed by atoms with Crippen molar-refractivity contribution in [2.45, 2.75) is 81.5 Å². The van der Waals surface area contributed by atoms with Crippen LogP contribution in [-0.4, -0.2) is 29.1 Å². The summed E-state index contributed by atoms with van der Waals surface area (Å²) in [6.07, 6.45) is 5.12. The van der Waals surface area contributed by atoms with Gasteiger partial charge >= 0.3 is 0 Å². The second kappa shape index (κ2) is 9.13. The fraction of sp³-hybridized carbons (Fsp3) is 0.636. The number of carbonyl (C=O) groups excluding carboxylic acids is 2. The van der Waals surface area contributed by atoms with E-state index in [4.69, 9.17) is 0 Å². The van der Waals surface area contributed by atoms with E-state index >= 15 is 0 Å². The molecule has 3 rings (SSSR count). The van der Waals surface area contributed by atoms with Crippen LogP contribution in [0.2, 0.25) is 0 Å². The van der Waals surface area contributed by atoms with E-state index in [0.717, 1.165) is 31.2 Å². The summed E-state index contributed by atoms with van der Waals surface area (Å²) >= 11 is 1.83. The lowest BCUT2D eigenvalue weighted by Gasteiger charge is -2.44. The SMILES string of the molecule is CCC1CC(=O)NC2CC(NC(=O)Cc3ccc(SC(C)C)cc3)CCC12. The van der Waals surface area contributed by atoms with Crippen LogP contribution in [0, 0.1) is 11.8 Å². The zero-order chi connectivity index (χ0) is 19.4. The first-order valence-corrected chi connectivity index (χ1v) is 11.2. The Morgan fingerprint density at radius 2 is 2.00 bits per heavy atom. The van der Waals surface area contributed by atoms with Gasteiger partial charge in [-0.3, -0.25) is 9.59 Å². The minimum Gasteiger partial charge on any atom is -0.353 e. The number of amides is 2. The molecule has 148 valence electrons. The molecule has 4 nitrogen and oxygen atoms in total. The molecule has 27 heavy (non-hydrogen) atoms. The molecule has 0 aromatic heterocycles. The molecule has 1 aliphatic heterocycles. The summed E-state index contributed by atoms with van der Waals surface area (Å²) in [5, 5.41) is 6.92. The number of hydrogen-bond donors (Lipinski definition) is 2. The van der Waals surface area contributed by atoms with Gasteiger partial charge in [-0.25, -0.2) is 0 Å². The van der Waals surface area contributed by atoms with Gasteiger partial charge in [0.2, 0.25) is 11.8 Å². The Bertz CT molecular complexity index is 659. The number of nitrogens with one attached hydrogen (secondary N) is 2. The van der Waals surface area contributed by atoms with E-state index in [1.807, 2.05) is 23.9 Å². The molecule has 1 aromatic rings. The van der Waals surface area contributed by atoms with E-state index in [-0.39, 0.29) is 23.9 Å². The predicted octanol–water partition coefficient (Wildman–Crippen LogP) is 3.93. The molecule has 1 aromatic carbocycles. The summed E-state index contributed by atoms with van der Waals surface area (Å²) in [5.74, 6) is 1.33. The Hall–Kier alpha value is -1.49. The van der Waals surface area contributed by atoms with Crippen molar-refractivity contribution >= 4 is 23.6 Å². The standard InChI is InChI=1S/C22H32N2O2S/c1-4-16-12-22(26)24-20-13-17(7-10-19(16)20)23-21(25)11-15-5-8-18(9-6-15)27-14(2)3/h5-6,8-9,14,16-17,19-20H,4,7,10-13H2,1-3H3,(H,23,25)(H,24,26). The fourth-order valence-electron chi connectivity index (χ4n) is 4.58. The summed E-state index contributed by atoms with van der Waals surface area (Å²) in [6, 6.07) is 8.69. The number of carbonyl (C=O) groups is 2. The van der Waals surface area contributed by atoms with Gasteiger partial charge in [0.15, 0.2) is 0 Å². The molecule has 1 heterocycles. The molecule has 2 amide bonds. The summed E-state index contributed by atoms with van der Waals surface area (Å²) in [5.41, 5.74) is 1.05. The van der Waals surface area contributed by atoms with Crippen LogP contribution in [0.4, 0.5) is 0 Å². The average molecular weight is 389 g/mol. The van der Waals surface area contributed by atoms with Crippen LogP contribution in [0.5, 0.6) is 0 Å². The minimum absolute atomic E-state index is 0.0805. The zero-order valence-corrected chi connectivity index (χ0v) is 17.5. The lowest BCUT2D eigenvalue weighted by molar-refractivity contribution is -0.127. The van der Waals surface area contributed by atoms with Crippen LogP contribution < -0.4 is 10.6 Å². The number of piperidine rings is 1. The van der Waals surface area contributed by atoms with Crippen LogP contribution >= 0.6 is 11.8 Å². The van der Waals surface area contributed by atoms with Crippen LogP contribution in [-0.2, 0) is 16.0 Å². The van der Waals surface area contributed by atoms with Crippen molar-refractivity contribution in [3.63, 3.8) is 0 Å². The largest absolute Gasteiger partial charge is 0.353 e. The Kier molecular flexibility index (Phi) is 6.85. The van der Waals surface area contributed by atoms with Gasteiger partial charge in [0.25, 0.3) is 0 Å². The van der Waals surface area contributed by atoms with E-state index in [1.165, 1.54) is 4.90 Å². The maximum atomic E-state index is 12.5. The summed E-state index contributed by atoms with van der Waals surface area (Å²) < 4.78 is 0. The van der Waals surface area contributed by atoms with Crippen LogP contribution in [0.3, 0.4) is 0 Å². The zero-order valence-electron chi connectivity index (χ0n) is 16.7. The second-order valence-electron chi connectivity index (χ2n) is 8.28. The topological polar surface area (TPSA) is 58.2 Å². The third kappa shape index (κ3) is 5.50. The quantitative estimate of drug-likeness (QED) is 0.726. The molecule has 4 unspecified atom stereocenters. The first kappa shape index (κ1) is 20.2. The summed E-state index contributed by atoms with van der Waals surface area (Å²) in [6.45, 7) is 6.54. The predicted molar refractivity (Wildman–Crippen MR) is 111 cm³/mol. The Balaban J connectivity index is 1.50. The molecular formula is C22H32N2O2S. The van der Waals surface area contributed by atoms with Gasteiger partial charge in [-0.05, 0) is 48.8 Å². The molecule has 0 bridgehead atoms. The van der Waals surface area contributed by atoms with Crippen molar-refractivity contribution in [3.8, 4) is 0 Å². The first-order valence-electron chi connectivity index (χ1n) is 10.3. The minimum atomic E-state index is 0.0805. The van der Waals surface area contributed by atoms with Crippen molar-refractivity contribution in [2.75, 3.05) is 0 Å². The highest BCUT2D eigenvalue weighted by atomic mass is 32.2. The van der Waals surface area contributed by atoms with Gasteiger partial charge in [0.1, 0.15) is 0 Å². The molecule has 5 heteroatoms. The number of fused-ring (bicyclic) bond motifs is 1. The van der Waals surface area contributed by atoms with Crippen molar-refractivity contribution in [1.29, 1.82) is 0 Å². The Morgan fingerprint density at radius 3 is 2.67 bits per heavy atom. The molecule has 2 aliphatic rings. The first-order chi connectivity index (χ1) is 12.9. The normalized spacial score (nSPS) is 27.8. The van der Waals surface area contributed by atoms with Gasteiger partial charge < -0.3 is 10.6 Å². The number of hydrogen-bond acceptors (Lipinski definition) is 3. The molecule has 2 fully saturated rings. The number of rotatable bonds is 6. The van der Waals surface area contributed by atoms with Crippen LogP contribution in [0.15, 0.2) is 29.2 Å². The van der Waals surface area contributed by atoms with E-state index in [1.54, 1.807) is 0 Å². The molecule has 1 aliphatic carbocycles. The van der Waals surface area contributed by atoms with Gasteiger partial charge in [-0.1, -0.05) is 39.3 Å². The number of benzene rings is 1. The smallest absolute Gasteiger partial charge is 0.224 e. The fourth-order valence-corrected chi connectivity index (χ4v) is 5.42. The lowest BCUT2D eigenvalue weighted by Crippen LogP contribution is -2.55.